The lowest BCUT2D eigenvalue weighted by Gasteiger charge is -2.18. The number of aromatic nitrogens is 2. The van der Waals surface area contributed by atoms with Crippen LogP contribution >= 0.6 is 0 Å². The van der Waals surface area contributed by atoms with Crippen molar-refractivity contribution in [3.63, 3.8) is 0 Å². The van der Waals surface area contributed by atoms with Crippen molar-refractivity contribution >= 4 is 11.0 Å². The van der Waals surface area contributed by atoms with Crippen molar-refractivity contribution in [1.29, 1.82) is 0 Å². The molecule has 0 fully saturated rings. The van der Waals surface area contributed by atoms with E-state index in [1.165, 1.54) is 5.56 Å². The van der Waals surface area contributed by atoms with Gasteiger partial charge in [0.1, 0.15) is 0 Å². The summed E-state index contributed by atoms with van der Waals surface area (Å²) in [7, 11) is 0. The first kappa shape index (κ1) is 9.21. The molecule has 0 unspecified atom stereocenters. The molecule has 14 heavy (non-hydrogen) atoms. The minimum Gasteiger partial charge on any atom is -0.345 e. The Morgan fingerprint density at radius 2 is 2.21 bits per heavy atom. The fourth-order valence-corrected chi connectivity index (χ4v) is 1.62. The Morgan fingerprint density at radius 1 is 1.43 bits per heavy atom. The molecule has 0 atom stereocenters. The van der Waals surface area contributed by atoms with Crippen LogP contribution in [0, 0.1) is 0 Å². The number of rotatable bonds is 2. The number of nitrogens with zero attached hydrogens (tertiary/aromatic N) is 1. The minimum absolute atomic E-state index is 0.159. The summed E-state index contributed by atoms with van der Waals surface area (Å²) in [5.41, 5.74) is 9.13. The van der Waals surface area contributed by atoms with Gasteiger partial charge in [0.25, 0.3) is 0 Å². The van der Waals surface area contributed by atoms with E-state index in [1.807, 2.05) is 19.9 Å². The van der Waals surface area contributed by atoms with Crippen molar-refractivity contribution in [1.82, 2.24) is 9.97 Å². The van der Waals surface area contributed by atoms with Gasteiger partial charge in [-0.15, -0.1) is 0 Å². The molecule has 3 N–H and O–H groups in total. The van der Waals surface area contributed by atoms with Gasteiger partial charge in [-0.05, 0) is 38.0 Å². The van der Waals surface area contributed by atoms with E-state index in [1.54, 1.807) is 6.33 Å². The molecule has 0 saturated carbocycles. The van der Waals surface area contributed by atoms with Crippen molar-refractivity contribution in [2.75, 3.05) is 0 Å². The van der Waals surface area contributed by atoms with Crippen molar-refractivity contribution in [2.24, 2.45) is 5.73 Å². The zero-order valence-electron chi connectivity index (χ0n) is 8.54. The van der Waals surface area contributed by atoms with Gasteiger partial charge in [0, 0.05) is 5.54 Å². The third-order valence-corrected chi connectivity index (χ3v) is 2.14. The van der Waals surface area contributed by atoms with Gasteiger partial charge in [-0.25, -0.2) is 4.98 Å². The smallest absolute Gasteiger partial charge is 0.0931 e. The summed E-state index contributed by atoms with van der Waals surface area (Å²) in [4.78, 5) is 7.26. The third kappa shape index (κ3) is 1.93. The van der Waals surface area contributed by atoms with Gasteiger partial charge >= 0.3 is 0 Å². The van der Waals surface area contributed by atoms with Crippen LogP contribution in [0.1, 0.15) is 19.4 Å². The molecule has 0 aliphatic heterocycles. The molecule has 3 heteroatoms. The second-order valence-electron chi connectivity index (χ2n) is 4.42. The molecular weight excluding hydrogens is 174 g/mol. The summed E-state index contributed by atoms with van der Waals surface area (Å²) in [5, 5.41) is 0. The summed E-state index contributed by atoms with van der Waals surface area (Å²) in [6, 6.07) is 6.21. The van der Waals surface area contributed by atoms with Crippen molar-refractivity contribution in [2.45, 2.75) is 25.8 Å². The number of nitrogens with one attached hydrogen (secondary N) is 1. The zero-order valence-corrected chi connectivity index (χ0v) is 8.54. The Morgan fingerprint density at radius 3 is 2.93 bits per heavy atom. The van der Waals surface area contributed by atoms with Crippen LogP contribution in [-0.4, -0.2) is 15.5 Å². The Hall–Kier alpha value is -1.35. The maximum atomic E-state index is 5.96. The van der Waals surface area contributed by atoms with Crippen molar-refractivity contribution in [3.05, 3.63) is 30.1 Å². The summed E-state index contributed by atoms with van der Waals surface area (Å²) in [6.07, 6.45) is 2.59. The molecule has 2 rings (SSSR count). The fourth-order valence-electron chi connectivity index (χ4n) is 1.62. The number of fused-ring (bicyclic) bond motifs is 1. The predicted octanol–water partition coefficient (Wildman–Crippen LogP) is 1.84. The van der Waals surface area contributed by atoms with E-state index in [0.717, 1.165) is 17.5 Å². The quantitative estimate of drug-likeness (QED) is 0.757. The molecule has 0 aliphatic carbocycles. The summed E-state index contributed by atoms with van der Waals surface area (Å²) in [6.45, 7) is 4.06. The Bertz CT molecular complexity index is 437. The van der Waals surface area contributed by atoms with Crippen LogP contribution in [0.25, 0.3) is 11.0 Å². The molecule has 0 bridgehead atoms. The lowest BCUT2D eigenvalue weighted by molar-refractivity contribution is 0.517. The van der Waals surface area contributed by atoms with E-state index in [2.05, 4.69) is 22.1 Å². The Balaban J connectivity index is 2.35. The number of aromatic amines is 1. The minimum atomic E-state index is -0.159. The van der Waals surface area contributed by atoms with Crippen LogP contribution in [0.5, 0.6) is 0 Å². The van der Waals surface area contributed by atoms with E-state index < -0.39 is 0 Å². The van der Waals surface area contributed by atoms with E-state index in [9.17, 15) is 0 Å². The zero-order chi connectivity index (χ0) is 10.2. The second kappa shape index (κ2) is 3.10. The van der Waals surface area contributed by atoms with Gasteiger partial charge in [0.15, 0.2) is 0 Å². The molecule has 0 saturated heterocycles. The number of hydrogen-bond donors (Lipinski definition) is 2. The summed E-state index contributed by atoms with van der Waals surface area (Å²) < 4.78 is 0. The molecule has 3 nitrogen and oxygen atoms in total. The van der Waals surface area contributed by atoms with Crippen LogP contribution < -0.4 is 5.73 Å². The van der Waals surface area contributed by atoms with Gasteiger partial charge in [0.2, 0.25) is 0 Å². The average molecular weight is 189 g/mol. The van der Waals surface area contributed by atoms with Crippen molar-refractivity contribution < 1.29 is 0 Å². The first-order valence-electron chi connectivity index (χ1n) is 4.75. The van der Waals surface area contributed by atoms with Crippen LogP contribution in [0.2, 0.25) is 0 Å². The van der Waals surface area contributed by atoms with Gasteiger partial charge < -0.3 is 10.7 Å². The molecule has 1 aromatic heterocycles. The normalized spacial score (nSPS) is 12.2. The first-order valence-corrected chi connectivity index (χ1v) is 4.75. The van der Waals surface area contributed by atoms with Crippen molar-refractivity contribution in [3.8, 4) is 0 Å². The highest BCUT2D eigenvalue weighted by Gasteiger charge is 2.11. The lowest BCUT2D eigenvalue weighted by atomic mass is 9.96. The molecule has 0 spiro atoms. The molecule has 0 radical (unpaired) electrons. The molecule has 0 aliphatic rings. The van der Waals surface area contributed by atoms with E-state index in [-0.39, 0.29) is 5.54 Å². The second-order valence-corrected chi connectivity index (χ2v) is 4.42. The lowest BCUT2D eigenvalue weighted by Crippen LogP contribution is -2.34. The maximum Gasteiger partial charge on any atom is 0.0931 e. The summed E-state index contributed by atoms with van der Waals surface area (Å²) >= 11 is 0. The highest BCUT2D eigenvalue weighted by atomic mass is 14.9. The molecule has 2 aromatic rings. The average Bonchev–Trinajstić information content (AvgIpc) is 2.47. The van der Waals surface area contributed by atoms with E-state index >= 15 is 0 Å². The highest BCUT2D eigenvalue weighted by molar-refractivity contribution is 5.75. The highest BCUT2D eigenvalue weighted by Crippen LogP contribution is 2.15. The number of hydrogen-bond acceptors (Lipinski definition) is 2. The van der Waals surface area contributed by atoms with Crippen LogP contribution in [0.15, 0.2) is 24.5 Å². The SMILES string of the molecule is CC(C)(N)Cc1ccc2nc[nH]c2c1. The van der Waals surface area contributed by atoms with Gasteiger partial charge in [-0.2, -0.15) is 0 Å². The van der Waals surface area contributed by atoms with Gasteiger partial charge in [0.05, 0.1) is 17.4 Å². The first-order chi connectivity index (χ1) is 6.54. The Labute approximate surface area is 83.3 Å². The number of benzene rings is 1. The standard InChI is InChI=1S/C11H15N3/c1-11(2,12)6-8-3-4-9-10(5-8)14-7-13-9/h3-5,7H,6,12H2,1-2H3,(H,13,14). The van der Waals surface area contributed by atoms with E-state index in [4.69, 9.17) is 5.73 Å². The number of nitrogens with two attached hydrogens (primary N) is 1. The molecule has 0 amide bonds. The predicted molar refractivity (Wildman–Crippen MR) is 58.1 cm³/mol. The number of imidazole rings is 1. The van der Waals surface area contributed by atoms with E-state index in [0.29, 0.717) is 0 Å². The monoisotopic (exact) mass is 189 g/mol. The Kier molecular flexibility index (Phi) is 2.04. The topological polar surface area (TPSA) is 54.7 Å². The number of H-pyrrole nitrogens is 1. The van der Waals surface area contributed by atoms with Crippen LogP contribution in [0.4, 0.5) is 0 Å². The van der Waals surface area contributed by atoms with Gasteiger partial charge in [-0.1, -0.05) is 6.07 Å². The maximum absolute atomic E-state index is 5.96. The van der Waals surface area contributed by atoms with Gasteiger partial charge in [-0.3, -0.25) is 0 Å². The molecule has 1 aromatic carbocycles. The summed E-state index contributed by atoms with van der Waals surface area (Å²) in [5.74, 6) is 0. The van der Waals surface area contributed by atoms with Crippen LogP contribution in [0.3, 0.4) is 0 Å². The molecular formula is C11H15N3. The third-order valence-electron chi connectivity index (χ3n) is 2.14. The fraction of sp³-hybridized carbons (Fsp3) is 0.364. The molecule has 74 valence electrons. The van der Waals surface area contributed by atoms with Crippen LogP contribution in [-0.2, 0) is 6.42 Å². The molecule has 1 heterocycles. The largest absolute Gasteiger partial charge is 0.345 e.